The van der Waals surface area contributed by atoms with Crippen LogP contribution >= 0.6 is 0 Å². The Labute approximate surface area is 168 Å². The molecule has 9 heteroatoms. The van der Waals surface area contributed by atoms with Crippen LogP contribution in [-0.4, -0.2) is 25.6 Å². The minimum absolute atomic E-state index is 0.164. The minimum Gasteiger partial charge on any atom is -0.339 e. The van der Waals surface area contributed by atoms with Gasteiger partial charge in [-0.15, -0.1) is 0 Å². The summed E-state index contributed by atoms with van der Waals surface area (Å²) in [4.78, 5) is 16.8. The van der Waals surface area contributed by atoms with E-state index in [1.807, 2.05) is 0 Å². The maximum absolute atomic E-state index is 13.4. The zero-order chi connectivity index (χ0) is 20.9. The van der Waals surface area contributed by atoms with Crippen LogP contribution in [0.2, 0.25) is 0 Å². The average molecular weight is 414 g/mol. The molecule has 0 bridgehead atoms. The summed E-state index contributed by atoms with van der Waals surface area (Å²) in [5, 5.41) is 5.71. The fourth-order valence-electron chi connectivity index (χ4n) is 2.51. The Balaban J connectivity index is 1.71. The van der Waals surface area contributed by atoms with E-state index < -0.39 is 15.8 Å². The third-order valence-corrected chi connectivity index (χ3v) is 4.56. The number of benzene rings is 2. The fraction of sp³-hybridized carbons (Fsp3) is 0.100. The quantitative estimate of drug-likeness (QED) is 0.551. The first-order valence-corrected chi connectivity index (χ1v) is 10.5. The lowest BCUT2D eigenvalue weighted by atomic mass is 10.2. The largest absolute Gasteiger partial charge is 0.339 e. The number of halogens is 1. The molecule has 0 atom stereocenters. The first-order chi connectivity index (χ1) is 13.8. The number of hydrogen-bond donors (Lipinski definition) is 3. The Hall–Kier alpha value is -3.30. The predicted molar refractivity (Wildman–Crippen MR) is 110 cm³/mol. The van der Waals surface area contributed by atoms with Gasteiger partial charge < -0.3 is 10.6 Å². The van der Waals surface area contributed by atoms with Crippen LogP contribution < -0.4 is 15.4 Å². The molecule has 0 spiro atoms. The highest BCUT2D eigenvalue weighted by Crippen LogP contribution is 2.20. The van der Waals surface area contributed by atoms with Crippen LogP contribution in [0.3, 0.4) is 0 Å². The molecule has 0 radical (unpaired) electrons. The van der Waals surface area contributed by atoms with Crippen molar-refractivity contribution in [3.8, 4) is 0 Å². The van der Waals surface area contributed by atoms with E-state index in [-0.39, 0.29) is 12.5 Å². The Morgan fingerprint density at radius 3 is 2.48 bits per heavy atom. The van der Waals surface area contributed by atoms with Crippen LogP contribution in [0.25, 0.3) is 0 Å². The summed E-state index contributed by atoms with van der Waals surface area (Å²) >= 11 is 0. The Morgan fingerprint density at radius 1 is 1.03 bits per heavy atom. The molecule has 3 aromatic rings. The third-order valence-electron chi connectivity index (χ3n) is 3.89. The van der Waals surface area contributed by atoms with Gasteiger partial charge in [-0.2, -0.15) is 0 Å². The topological polar surface area (TPSA) is 100 Å². The summed E-state index contributed by atoms with van der Waals surface area (Å²) in [5.74, 6) is -0.494. The summed E-state index contributed by atoms with van der Waals surface area (Å²) < 4.78 is 38.1. The van der Waals surface area contributed by atoms with Gasteiger partial charge in [-0.05, 0) is 48.0 Å². The SMILES string of the molecule is CS(=O)(=O)NCc1ccc(NC(=O)c2cccnc2Nc2cccc(F)c2)cc1. The molecule has 29 heavy (non-hydrogen) atoms. The lowest BCUT2D eigenvalue weighted by Crippen LogP contribution is -2.21. The molecule has 1 aromatic heterocycles. The summed E-state index contributed by atoms with van der Waals surface area (Å²) in [6.07, 6.45) is 2.62. The van der Waals surface area contributed by atoms with Crippen molar-refractivity contribution in [2.75, 3.05) is 16.9 Å². The van der Waals surface area contributed by atoms with E-state index >= 15 is 0 Å². The molecule has 0 aliphatic rings. The van der Waals surface area contributed by atoms with Crippen LogP contribution in [0.15, 0.2) is 66.9 Å². The number of aromatic nitrogens is 1. The van der Waals surface area contributed by atoms with Crippen LogP contribution in [0.5, 0.6) is 0 Å². The highest BCUT2D eigenvalue weighted by Gasteiger charge is 2.13. The van der Waals surface area contributed by atoms with Crippen molar-refractivity contribution >= 4 is 33.1 Å². The highest BCUT2D eigenvalue weighted by atomic mass is 32.2. The fourth-order valence-corrected chi connectivity index (χ4v) is 2.94. The Kier molecular flexibility index (Phi) is 6.20. The molecular formula is C20H19FN4O3S. The van der Waals surface area contributed by atoms with Gasteiger partial charge in [-0.3, -0.25) is 4.79 Å². The number of rotatable bonds is 7. The number of pyridine rings is 1. The van der Waals surface area contributed by atoms with Gasteiger partial charge in [0, 0.05) is 24.1 Å². The molecule has 0 fully saturated rings. The second-order valence-electron chi connectivity index (χ2n) is 6.28. The summed E-state index contributed by atoms with van der Waals surface area (Å²) in [6.45, 7) is 0.164. The molecule has 2 aromatic carbocycles. The van der Waals surface area contributed by atoms with Crippen LogP contribution in [0.4, 0.5) is 21.6 Å². The number of carbonyl (C=O) groups is 1. The van der Waals surface area contributed by atoms with E-state index in [9.17, 15) is 17.6 Å². The molecule has 1 amide bonds. The molecule has 3 rings (SSSR count). The Bertz CT molecular complexity index is 1120. The van der Waals surface area contributed by atoms with Gasteiger partial charge in [-0.1, -0.05) is 18.2 Å². The van der Waals surface area contributed by atoms with Gasteiger partial charge in [0.1, 0.15) is 11.6 Å². The number of anilines is 3. The van der Waals surface area contributed by atoms with E-state index in [2.05, 4.69) is 20.3 Å². The highest BCUT2D eigenvalue weighted by molar-refractivity contribution is 7.88. The van der Waals surface area contributed by atoms with E-state index in [1.54, 1.807) is 48.5 Å². The van der Waals surface area contributed by atoms with Crippen LogP contribution in [-0.2, 0) is 16.6 Å². The molecule has 0 unspecified atom stereocenters. The number of amides is 1. The maximum atomic E-state index is 13.4. The second kappa shape index (κ2) is 8.80. The first-order valence-electron chi connectivity index (χ1n) is 8.63. The third kappa shape index (κ3) is 6.09. The van der Waals surface area contributed by atoms with E-state index in [1.165, 1.54) is 18.3 Å². The molecule has 150 valence electrons. The van der Waals surface area contributed by atoms with Crippen LogP contribution in [0.1, 0.15) is 15.9 Å². The van der Waals surface area contributed by atoms with Gasteiger partial charge in [0.25, 0.3) is 5.91 Å². The smallest absolute Gasteiger partial charge is 0.259 e. The summed E-state index contributed by atoms with van der Waals surface area (Å²) in [6, 6.07) is 15.9. The van der Waals surface area contributed by atoms with Crippen molar-refractivity contribution in [1.29, 1.82) is 0 Å². The molecular weight excluding hydrogens is 395 g/mol. The van der Waals surface area contributed by atoms with Gasteiger partial charge in [0.05, 0.1) is 11.8 Å². The van der Waals surface area contributed by atoms with Crippen molar-refractivity contribution in [2.45, 2.75) is 6.54 Å². The molecule has 1 heterocycles. The number of carbonyl (C=O) groups excluding carboxylic acids is 1. The van der Waals surface area contributed by atoms with E-state index in [4.69, 9.17) is 0 Å². The minimum atomic E-state index is -3.28. The second-order valence-corrected chi connectivity index (χ2v) is 8.11. The molecule has 0 aliphatic carbocycles. The van der Waals surface area contributed by atoms with Crippen LogP contribution in [0, 0.1) is 5.82 Å². The lowest BCUT2D eigenvalue weighted by Gasteiger charge is -2.12. The zero-order valence-corrected chi connectivity index (χ0v) is 16.3. The molecule has 0 saturated carbocycles. The van der Waals surface area contributed by atoms with Crippen molar-refractivity contribution in [3.05, 3.63) is 83.8 Å². The van der Waals surface area contributed by atoms with Crippen molar-refractivity contribution in [3.63, 3.8) is 0 Å². The number of sulfonamides is 1. The summed E-state index contributed by atoms with van der Waals surface area (Å²) in [5.41, 5.74) is 2.06. The normalized spacial score (nSPS) is 11.1. The van der Waals surface area contributed by atoms with Crippen molar-refractivity contribution in [1.82, 2.24) is 9.71 Å². The zero-order valence-electron chi connectivity index (χ0n) is 15.5. The summed E-state index contributed by atoms with van der Waals surface area (Å²) in [7, 11) is -3.28. The standard InChI is InChI=1S/C20H19FN4O3S/c1-29(27,28)23-13-14-7-9-16(10-8-14)25-20(26)18-6-3-11-22-19(18)24-17-5-2-4-15(21)12-17/h2-12,23H,13H2,1H3,(H,22,24)(H,25,26). The predicted octanol–water partition coefficient (Wildman–Crippen LogP) is 3.27. The van der Waals surface area contributed by atoms with E-state index in [0.717, 1.165) is 11.8 Å². The maximum Gasteiger partial charge on any atom is 0.259 e. The van der Waals surface area contributed by atoms with Crippen molar-refractivity contribution in [2.24, 2.45) is 0 Å². The molecule has 0 aliphatic heterocycles. The Morgan fingerprint density at radius 2 is 1.79 bits per heavy atom. The molecule has 3 N–H and O–H groups in total. The van der Waals surface area contributed by atoms with E-state index in [0.29, 0.717) is 22.8 Å². The van der Waals surface area contributed by atoms with Gasteiger partial charge in [0.15, 0.2) is 0 Å². The average Bonchev–Trinajstić information content (AvgIpc) is 2.67. The monoisotopic (exact) mass is 414 g/mol. The number of nitrogens with one attached hydrogen (secondary N) is 3. The number of hydrogen-bond acceptors (Lipinski definition) is 5. The van der Waals surface area contributed by atoms with Gasteiger partial charge in [0.2, 0.25) is 10.0 Å². The number of nitrogens with zero attached hydrogens (tertiary/aromatic N) is 1. The lowest BCUT2D eigenvalue weighted by molar-refractivity contribution is 0.102. The van der Waals surface area contributed by atoms with Gasteiger partial charge >= 0.3 is 0 Å². The molecule has 7 nitrogen and oxygen atoms in total. The van der Waals surface area contributed by atoms with Gasteiger partial charge in [-0.25, -0.2) is 22.5 Å². The van der Waals surface area contributed by atoms with Crippen molar-refractivity contribution < 1.29 is 17.6 Å². The molecule has 0 saturated heterocycles. The first kappa shape index (κ1) is 20.4.